The zero-order valence-electron chi connectivity index (χ0n) is 11.4. The van der Waals surface area contributed by atoms with Gasteiger partial charge >= 0.3 is 0 Å². The van der Waals surface area contributed by atoms with Crippen molar-refractivity contribution < 1.29 is 4.79 Å². The molecule has 1 aromatic carbocycles. The van der Waals surface area contributed by atoms with E-state index in [1.54, 1.807) is 18.2 Å². The summed E-state index contributed by atoms with van der Waals surface area (Å²) in [4.78, 5) is 14.2. The van der Waals surface area contributed by atoms with E-state index in [1.807, 2.05) is 0 Å². The molecule has 1 amide bonds. The predicted molar refractivity (Wildman–Crippen MR) is 83.3 cm³/mol. The van der Waals surface area contributed by atoms with Crippen LogP contribution in [0.4, 0.5) is 5.69 Å². The van der Waals surface area contributed by atoms with Gasteiger partial charge in [0.15, 0.2) is 0 Å². The van der Waals surface area contributed by atoms with Crippen LogP contribution in [-0.4, -0.2) is 36.0 Å². The van der Waals surface area contributed by atoms with Crippen LogP contribution in [0.5, 0.6) is 0 Å². The monoisotopic (exact) mass is 315 g/mol. The van der Waals surface area contributed by atoms with Crippen molar-refractivity contribution >= 4 is 34.8 Å². The molecule has 0 aromatic heterocycles. The smallest absolute Gasteiger partial charge is 0.238 e. The Morgan fingerprint density at radius 3 is 2.85 bits per heavy atom. The summed E-state index contributed by atoms with van der Waals surface area (Å²) in [5, 5.41) is 3.74. The minimum absolute atomic E-state index is 0.0503. The van der Waals surface area contributed by atoms with Gasteiger partial charge in [0.1, 0.15) is 0 Å². The highest BCUT2D eigenvalue weighted by molar-refractivity contribution is 6.42. The van der Waals surface area contributed by atoms with Crippen LogP contribution in [0.3, 0.4) is 0 Å². The fourth-order valence-electron chi connectivity index (χ4n) is 2.45. The topological polar surface area (TPSA) is 58.4 Å². The average molecular weight is 316 g/mol. The Balaban J connectivity index is 1.90. The summed E-state index contributed by atoms with van der Waals surface area (Å²) in [5.41, 5.74) is 6.58. The normalized spacial score (nSPS) is 23.6. The molecule has 3 N–H and O–H groups in total. The van der Waals surface area contributed by atoms with Gasteiger partial charge < -0.3 is 11.1 Å². The predicted octanol–water partition coefficient (Wildman–Crippen LogP) is 2.74. The molecule has 2 rings (SSSR count). The lowest BCUT2D eigenvalue weighted by Crippen LogP contribution is -2.48. The van der Waals surface area contributed by atoms with Gasteiger partial charge in [-0.1, -0.05) is 23.2 Å². The lowest BCUT2D eigenvalue weighted by atomic mass is 9.99. The summed E-state index contributed by atoms with van der Waals surface area (Å²) in [6.07, 6.45) is 1.87. The molecule has 110 valence electrons. The SMILES string of the molecule is CC1CC(N)CCN1CC(=O)Nc1ccc(Cl)c(Cl)c1. The molecule has 1 saturated heterocycles. The fraction of sp³-hybridized carbons (Fsp3) is 0.500. The zero-order valence-corrected chi connectivity index (χ0v) is 12.9. The summed E-state index contributed by atoms with van der Waals surface area (Å²) in [6, 6.07) is 5.64. The van der Waals surface area contributed by atoms with Gasteiger partial charge in [-0.15, -0.1) is 0 Å². The lowest BCUT2D eigenvalue weighted by molar-refractivity contribution is -0.118. The van der Waals surface area contributed by atoms with E-state index < -0.39 is 0 Å². The summed E-state index contributed by atoms with van der Waals surface area (Å²) in [6.45, 7) is 3.33. The van der Waals surface area contributed by atoms with E-state index in [9.17, 15) is 4.79 Å². The first-order valence-electron chi connectivity index (χ1n) is 6.70. The number of piperidine rings is 1. The molecule has 2 unspecified atom stereocenters. The number of hydrogen-bond acceptors (Lipinski definition) is 3. The number of nitrogens with one attached hydrogen (secondary N) is 1. The highest BCUT2D eigenvalue weighted by Gasteiger charge is 2.24. The lowest BCUT2D eigenvalue weighted by Gasteiger charge is -2.35. The highest BCUT2D eigenvalue weighted by Crippen LogP contribution is 2.25. The molecule has 1 heterocycles. The van der Waals surface area contributed by atoms with Gasteiger partial charge in [0.2, 0.25) is 5.91 Å². The van der Waals surface area contributed by atoms with Gasteiger partial charge in [-0.3, -0.25) is 9.69 Å². The fourth-order valence-corrected chi connectivity index (χ4v) is 2.75. The molecule has 0 saturated carbocycles. The standard InChI is InChI=1S/C14H19Cl2N3O/c1-9-6-10(17)4-5-19(9)8-14(20)18-11-2-3-12(15)13(16)7-11/h2-3,7,9-10H,4-6,8,17H2,1H3,(H,18,20). The molecule has 1 fully saturated rings. The van der Waals surface area contributed by atoms with Gasteiger partial charge in [0, 0.05) is 24.3 Å². The van der Waals surface area contributed by atoms with Crippen LogP contribution in [0.15, 0.2) is 18.2 Å². The van der Waals surface area contributed by atoms with Crippen molar-refractivity contribution in [1.82, 2.24) is 4.90 Å². The first kappa shape index (κ1) is 15.6. The molecule has 0 bridgehead atoms. The number of amides is 1. The summed E-state index contributed by atoms with van der Waals surface area (Å²) >= 11 is 11.8. The molecule has 0 radical (unpaired) electrons. The minimum atomic E-state index is -0.0503. The van der Waals surface area contributed by atoms with E-state index in [0.717, 1.165) is 19.4 Å². The van der Waals surface area contributed by atoms with E-state index in [2.05, 4.69) is 17.1 Å². The Bertz CT molecular complexity index is 495. The van der Waals surface area contributed by atoms with E-state index in [0.29, 0.717) is 28.3 Å². The van der Waals surface area contributed by atoms with Crippen LogP contribution < -0.4 is 11.1 Å². The molecule has 20 heavy (non-hydrogen) atoms. The Labute approximate surface area is 129 Å². The largest absolute Gasteiger partial charge is 0.328 e. The number of rotatable bonds is 3. The van der Waals surface area contributed by atoms with Crippen LogP contribution in [0.1, 0.15) is 19.8 Å². The molecular formula is C14H19Cl2N3O. The zero-order chi connectivity index (χ0) is 14.7. The van der Waals surface area contributed by atoms with Crippen LogP contribution in [0.2, 0.25) is 10.0 Å². The second-order valence-electron chi connectivity index (χ2n) is 5.28. The van der Waals surface area contributed by atoms with Gasteiger partial charge in [-0.25, -0.2) is 0 Å². The molecule has 0 aliphatic carbocycles. The van der Waals surface area contributed by atoms with Gasteiger partial charge in [0.05, 0.1) is 16.6 Å². The summed E-state index contributed by atoms with van der Waals surface area (Å²) < 4.78 is 0. The third-order valence-electron chi connectivity index (χ3n) is 3.60. The molecule has 6 heteroatoms. The van der Waals surface area contributed by atoms with Crippen LogP contribution in [0.25, 0.3) is 0 Å². The number of likely N-dealkylation sites (tertiary alicyclic amines) is 1. The number of carbonyl (C=O) groups excluding carboxylic acids is 1. The average Bonchev–Trinajstić information content (AvgIpc) is 2.37. The molecule has 1 aromatic rings. The number of benzene rings is 1. The van der Waals surface area contributed by atoms with Crippen molar-refractivity contribution in [2.45, 2.75) is 31.8 Å². The number of halogens is 2. The maximum Gasteiger partial charge on any atom is 0.238 e. The number of carbonyl (C=O) groups is 1. The molecular weight excluding hydrogens is 297 g/mol. The maximum atomic E-state index is 12.0. The van der Waals surface area contributed by atoms with E-state index in [1.165, 1.54) is 0 Å². The number of hydrogen-bond donors (Lipinski definition) is 2. The van der Waals surface area contributed by atoms with Gasteiger partial charge in [-0.05, 0) is 38.0 Å². The number of anilines is 1. The molecule has 4 nitrogen and oxygen atoms in total. The Morgan fingerprint density at radius 1 is 1.45 bits per heavy atom. The van der Waals surface area contributed by atoms with Gasteiger partial charge in [-0.2, -0.15) is 0 Å². The Hall–Kier alpha value is -0.810. The van der Waals surface area contributed by atoms with Crippen molar-refractivity contribution in [2.24, 2.45) is 5.73 Å². The van der Waals surface area contributed by atoms with Crippen molar-refractivity contribution in [1.29, 1.82) is 0 Å². The Morgan fingerprint density at radius 2 is 2.20 bits per heavy atom. The second-order valence-corrected chi connectivity index (χ2v) is 6.10. The first-order chi connectivity index (χ1) is 9.45. The highest BCUT2D eigenvalue weighted by atomic mass is 35.5. The quantitative estimate of drug-likeness (QED) is 0.901. The second kappa shape index (κ2) is 6.76. The molecule has 1 aliphatic rings. The molecule has 1 aliphatic heterocycles. The summed E-state index contributed by atoms with van der Waals surface area (Å²) in [7, 11) is 0. The van der Waals surface area contributed by atoms with Crippen molar-refractivity contribution in [3.05, 3.63) is 28.2 Å². The van der Waals surface area contributed by atoms with Crippen LogP contribution in [0, 0.1) is 0 Å². The van der Waals surface area contributed by atoms with Crippen molar-refractivity contribution in [3.63, 3.8) is 0 Å². The van der Waals surface area contributed by atoms with Crippen LogP contribution in [-0.2, 0) is 4.79 Å². The number of nitrogens with zero attached hydrogens (tertiary/aromatic N) is 1. The maximum absolute atomic E-state index is 12.0. The molecule has 0 spiro atoms. The number of nitrogens with two attached hydrogens (primary N) is 1. The Kier molecular flexibility index (Phi) is 5.27. The summed E-state index contributed by atoms with van der Waals surface area (Å²) in [5.74, 6) is -0.0503. The third kappa shape index (κ3) is 4.09. The van der Waals surface area contributed by atoms with Crippen LogP contribution >= 0.6 is 23.2 Å². The first-order valence-corrected chi connectivity index (χ1v) is 7.46. The third-order valence-corrected chi connectivity index (χ3v) is 4.34. The molecule has 2 atom stereocenters. The van der Waals surface area contributed by atoms with Crippen molar-refractivity contribution in [3.8, 4) is 0 Å². The van der Waals surface area contributed by atoms with E-state index in [-0.39, 0.29) is 11.9 Å². The van der Waals surface area contributed by atoms with Crippen molar-refractivity contribution in [2.75, 3.05) is 18.4 Å². The van der Waals surface area contributed by atoms with E-state index in [4.69, 9.17) is 28.9 Å². The van der Waals surface area contributed by atoms with E-state index >= 15 is 0 Å². The minimum Gasteiger partial charge on any atom is -0.328 e. The van der Waals surface area contributed by atoms with Gasteiger partial charge in [0.25, 0.3) is 0 Å².